The van der Waals surface area contributed by atoms with Crippen molar-refractivity contribution in [3.05, 3.63) is 0 Å². The van der Waals surface area contributed by atoms with E-state index in [0.29, 0.717) is 0 Å². The average Bonchev–Trinajstić information content (AvgIpc) is 2.36. The summed E-state index contributed by atoms with van der Waals surface area (Å²) in [5.74, 6) is -0.155. The molecule has 0 aliphatic carbocycles. The van der Waals surface area contributed by atoms with Gasteiger partial charge in [-0.3, -0.25) is 4.79 Å². The molecule has 1 atom stereocenters. The van der Waals surface area contributed by atoms with Crippen LogP contribution in [0.1, 0.15) is 12.8 Å². The first kappa shape index (κ1) is 9.01. The topological polar surface area (TPSA) is 56.1 Å². The van der Waals surface area contributed by atoms with Crippen LogP contribution in [0, 0.1) is 11.3 Å². The largest absolute Gasteiger partial charge is 0.351 e. The van der Waals surface area contributed by atoms with Crippen LogP contribution in [0.3, 0.4) is 0 Å². The van der Waals surface area contributed by atoms with Crippen LogP contribution in [0.2, 0.25) is 0 Å². The minimum atomic E-state index is -0.155. The molecule has 1 heterocycles. The molecule has 1 aliphatic heterocycles. The lowest BCUT2D eigenvalue weighted by molar-refractivity contribution is -0.120. The van der Waals surface area contributed by atoms with Gasteiger partial charge in [-0.25, -0.2) is 0 Å². The molecule has 0 unspecified atom stereocenters. The molecule has 0 bridgehead atoms. The van der Waals surface area contributed by atoms with Crippen LogP contribution in [0.15, 0.2) is 0 Å². The van der Waals surface area contributed by atoms with E-state index in [1.54, 1.807) is 0 Å². The molecule has 0 aromatic rings. The normalized spacial score (nSPS) is 23.5. The molecular weight excluding hydrogens is 154 g/mol. The Hall–Kier alpha value is -1.08. The fourth-order valence-electron chi connectivity index (χ4n) is 1.40. The molecule has 0 radical (unpaired) electrons. The fourth-order valence-corrected chi connectivity index (χ4v) is 1.40. The van der Waals surface area contributed by atoms with Gasteiger partial charge in [0.2, 0.25) is 5.91 Å². The molecule has 0 aromatic carbocycles. The van der Waals surface area contributed by atoms with Crippen molar-refractivity contribution in [2.45, 2.75) is 18.9 Å². The van der Waals surface area contributed by atoms with Crippen molar-refractivity contribution in [3.8, 4) is 6.07 Å². The number of amides is 1. The van der Waals surface area contributed by atoms with Crippen LogP contribution in [-0.4, -0.2) is 37.0 Å². The third-order valence-electron chi connectivity index (χ3n) is 2.00. The zero-order valence-corrected chi connectivity index (χ0v) is 7.21. The monoisotopic (exact) mass is 167 g/mol. The van der Waals surface area contributed by atoms with Gasteiger partial charge in [0.1, 0.15) is 6.42 Å². The predicted molar refractivity (Wildman–Crippen MR) is 44.3 cm³/mol. The van der Waals surface area contributed by atoms with Gasteiger partial charge in [-0.15, -0.1) is 0 Å². The highest BCUT2D eigenvalue weighted by Crippen LogP contribution is 2.05. The van der Waals surface area contributed by atoms with Crippen LogP contribution < -0.4 is 5.32 Å². The highest BCUT2D eigenvalue weighted by atomic mass is 16.1. The maximum Gasteiger partial charge on any atom is 0.234 e. The number of hydrogen-bond acceptors (Lipinski definition) is 3. The summed E-state index contributed by atoms with van der Waals surface area (Å²) < 4.78 is 0. The maximum atomic E-state index is 11.0. The van der Waals surface area contributed by atoms with Gasteiger partial charge in [0.05, 0.1) is 6.07 Å². The van der Waals surface area contributed by atoms with Gasteiger partial charge in [0.25, 0.3) is 0 Å². The lowest BCUT2D eigenvalue weighted by Gasteiger charge is -2.10. The first-order valence-corrected chi connectivity index (χ1v) is 4.07. The molecule has 4 heteroatoms. The first-order valence-electron chi connectivity index (χ1n) is 4.07. The van der Waals surface area contributed by atoms with Gasteiger partial charge in [0.15, 0.2) is 0 Å². The van der Waals surface area contributed by atoms with Gasteiger partial charge in [-0.1, -0.05) is 0 Å². The number of nitrogens with one attached hydrogen (secondary N) is 1. The summed E-state index contributed by atoms with van der Waals surface area (Å²) in [5.41, 5.74) is 0. The van der Waals surface area contributed by atoms with E-state index in [-0.39, 0.29) is 18.4 Å². The van der Waals surface area contributed by atoms with Crippen LogP contribution in [-0.2, 0) is 4.79 Å². The Morgan fingerprint density at radius 3 is 3.08 bits per heavy atom. The number of nitrogens with zero attached hydrogens (tertiary/aromatic N) is 2. The lowest BCUT2D eigenvalue weighted by Crippen LogP contribution is -2.36. The molecular formula is C8H13N3O. The van der Waals surface area contributed by atoms with E-state index in [2.05, 4.69) is 10.2 Å². The first-order chi connectivity index (χ1) is 5.72. The van der Waals surface area contributed by atoms with Crippen LogP contribution in [0.5, 0.6) is 0 Å². The van der Waals surface area contributed by atoms with Crippen molar-refractivity contribution in [2.24, 2.45) is 0 Å². The maximum absolute atomic E-state index is 11.0. The van der Waals surface area contributed by atoms with Gasteiger partial charge < -0.3 is 10.2 Å². The van der Waals surface area contributed by atoms with Crippen molar-refractivity contribution in [3.63, 3.8) is 0 Å². The molecule has 1 N–H and O–H groups in total. The Labute approximate surface area is 72.2 Å². The number of carbonyl (C=O) groups is 1. The molecule has 0 saturated carbocycles. The van der Waals surface area contributed by atoms with E-state index in [1.807, 2.05) is 13.1 Å². The second-order valence-electron chi connectivity index (χ2n) is 3.15. The summed E-state index contributed by atoms with van der Waals surface area (Å²) in [6, 6.07) is 2.07. The molecule has 1 saturated heterocycles. The number of likely N-dealkylation sites (N-methyl/N-ethyl adjacent to an activating group) is 1. The number of carbonyl (C=O) groups excluding carboxylic acids is 1. The molecule has 0 spiro atoms. The Kier molecular flexibility index (Phi) is 3.06. The third-order valence-corrected chi connectivity index (χ3v) is 2.00. The molecule has 1 aliphatic rings. The van der Waals surface area contributed by atoms with Crippen LogP contribution in [0.4, 0.5) is 0 Å². The highest BCUT2D eigenvalue weighted by molar-refractivity contribution is 5.78. The average molecular weight is 167 g/mol. The summed E-state index contributed by atoms with van der Waals surface area (Å²) in [5, 5.41) is 11.0. The van der Waals surface area contributed by atoms with Gasteiger partial charge in [-0.05, 0) is 20.0 Å². The van der Waals surface area contributed by atoms with E-state index in [1.165, 1.54) is 0 Å². The summed E-state index contributed by atoms with van der Waals surface area (Å²) in [6.07, 6.45) is 0.966. The van der Waals surface area contributed by atoms with Gasteiger partial charge in [0, 0.05) is 12.6 Å². The summed E-state index contributed by atoms with van der Waals surface area (Å²) in [4.78, 5) is 13.1. The third kappa shape index (κ3) is 2.51. The molecule has 4 nitrogen and oxygen atoms in total. The standard InChI is InChI=1S/C8H13N3O/c1-11-5-3-7(6-11)10-8(12)2-4-9/h7H,2-3,5-6H2,1H3,(H,10,12)/t7-/m1/s1. The van der Waals surface area contributed by atoms with E-state index >= 15 is 0 Å². The smallest absolute Gasteiger partial charge is 0.234 e. The minimum Gasteiger partial charge on any atom is -0.351 e. The molecule has 0 aromatic heterocycles. The van der Waals surface area contributed by atoms with Crippen LogP contribution in [0.25, 0.3) is 0 Å². The Bertz CT molecular complexity index is 209. The Balaban J connectivity index is 2.24. The Morgan fingerprint density at radius 2 is 2.58 bits per heavy atom. The van der Waals surface area contributed by atoms with Crippen molar-refractivity contribution in [1.82, 2.24) is 10.2 Å². The van der Waals surface area contributed by atoms with Gasteiger partial charge in [-0.2, -0.15) is 5.26 Å². The van der Waals surface area contributed by atoms with Crippen LogP contribution >= 0.6 is 0 Å². The number of rotatable bonds is 2. The molecule has 12 heavy (non-hydrogen) atoms. The quantitative estimate of drug-likeness (QED) is 0.615. The zero-order valence-electron chi connectivity index (χ0n) is 7.21. The second-order valence-corrected chi connectivity index (χ2v) is 3.15. The number of nitriles is 1. The highest BCUT2D eigenvalue weighted by Gasteiger charge is 2.20. The SMILES string of the molecule is CN1CC[C@@H](NC(=O)CC#N)C1. The van der Waals surface area contributed by atoms with E-state index < -0.39 is 0 Å². The molecule has 1 amide bonds. The van der Waals surface area contributed by atoms with Crippen molar-refractivity contribution in [1.29, 1.82) is 5.26 Å². The van der Waals surface area contributed by atoms with E-state index in [9.17, 15) is 4.79 Å². The summed E-state index contributed by atoms with van der Waals surface area (Å²) >= 11 is 0. The molecule has 66 valence electrons. The van der Waals surface area contributed by atoms with Crippen molar-refractivity contribution < 1.29 is 4.79 Å². The minimum absolute atomic E-state index is 0.0276. The summed E-state index contributed by atoms with van der Waals surface area (Å²) in [6.45, 7) is 1.93. The fraction of sp³-hybridized carbons (Fsp3) is 0.750. The van der Waals surface area contributed by atoms with Crippen molar-refractivity contribution in [2.75, 3.05) is 20.1 Å². The van der Waals surface area contributed by atoms with Crippen molar-refractivity contribution >= 4 is 5.91 Å². The second kappa shape index (κ2) is 4.07. The molecule has 1 fully saturated rings. The van der Waals surface area contributed by atoms with E-state index in [0.717, 1.165) is 19.5 Å². The van der Waals surface area contributed by atoms with Gasteiger partial charge >= 0.3 is 0 Å². The predicted octanol–water partition coefficient (Wildman–Crippen LogP) is -0.280. The zero-order chi connectivity index (χ0) is 8.97. The number of likely N-dealkylation sites (tertiary alicyclic amines) is 1. The number of hydrogen-bond donors (Lipinski definition) is 1. The van der Waals surface area contributed by atoms with E-state index in [4.69, 9.17) is 5.26 Å². The Morgan fingerprint density at radius 1 is 1.83 bits per heavy atom. The molecule has 1 rings (SSSR count). The summed E-state index contributed by atoms with van der Waals surface area (Å²) in [7, 11) is 2.02. The lowest BCUT2D eigenvalue weighted by atomic mass is 10.2.